The maximum atomic E-state index is 10.9. The normalized spacial score (nSPS) is 14.8. The van der Waals surface area contributed by atoms with Crippen LogP contribution in [0.3, 0.4) is 0 Å². The Hall–Kier alpha value is -1.03. The van der Waals surface area contributed by atoms with Crippen molar-refractivity contribution >= 4 is 22.2 Å². The number of carbonyl (C=O) groups excluding carboxylic acids is 1. The van der Waals surface area contributed by atoms with Crippen molar-refractivity contribution in [2.45, 2.75) is 18.9 Å². The lowest BCUT2D eigenvalue weighted by molar-refractivity contribution is 0.111. The highest BCUT2D eigenvalue weighted by atomic mass is 79.9. The molecule has 4 heteroatoms. The van der Waals surface area contributed by atoms with Crippen LogP contribution in [0.5, 0.6) is 11.5 Å². The second kappa shape index (κ2) is 4.23. The van der Waals surface area contributed by atoms with Crippen LogP contribution in [-0.4, -0.2) is 19.5 Å². The first-order valence-corrected chi connectivity index (χ1v) is 5.53. The summed E-state index contributed by atoms with van der Waals surface area (Å²) in [4.78, 5) is 10.9. The highest BCUT2D eigenvalue weighted by Crippen LogP contribution is 2.37. The van der Waals surface area contributed by atoms with Gasteiger partial charge >= 0.3 is 0 Å². The lowest BCUT2D eigenvalue weighted by Gasteiger charge is -2.12. The molecule has 0 aromatic heterocycles. The molecule has 1 aromatic rings. The third kappa shape index (κ3) is 2.31. The van der Waals surface area contributed by atoms with E-state index in [-0.39, 0.29) is 6.10 Å². The predicted octanol–water partition coefficient (Wildman–Crippen LogP) is 2.81. The zero-order chi connectivity index (χ0) is 10.8. The van der Waals surface area contributed by atoms with Crippen LogP contribution in [-0.2, 0) is 0 Å². The van der Waals surface area contributed by atoms with E-state index in [9.17, 15) is 4.79 Å². The van der Waals surface area contributed by atoms with Gasteiger partial charge in [-0.15, -0.1) is 0 Å². The smallest absolute Gasteiger partial charge is 0.172 e. The van der Waals surface area contributed by atoms with Crippen molar-refractivity contribution in [1.82, 2.24) is 0 Å². The van der Waals surface area contributed by atoms with Crippen molar-refractivity contribution in [2.24, 2.45) is 0 Å². The molecular formula is C11H11BrO3. The summed E-state index contributed by atoms with van der Waals surface area (Å²) in [5.41, 5.74) is 0.521. The maximum Gasteiger partial charge on any atom is 0.172 e. The van der Waals surface area contributed by atoms with Crippen LogP contribution in [0.15, 0.2) is 16.6 Å². The minimum Gasteiger partial charge on any atom is -0.493 e. The Morgan fingerprint density at radius 1 is 1.47 bits per heavy atom. The van der Waals surface area contributed by atoms with E-state index in [1.165, 1.54) is 0 Å². The van der Waals surface area contributed by atoms with Crippen LogP contribution >= 0.6 is 15.9 Å². The van der Waals surface area contributed by atoms with Gasteiger partial charge in [0.25, 0.3) is 0 Å². The second-order valence-corrected chi connectivity index (χ2v) is 4.38. The number of methoxy groups -OCH3 is 1. The zero-order valence-corrected chi connectivity index (χ0v) is 9.91. The van der Waals surface area contributed by atoms with E-state index >= 15 is 0 Å². The van der Waals surface area contributed by atoms with Gasteiger partial charge in [0, 0.05) is 4.47 Å². The summed E-state index contributed by atoms with van der Waals surface area (Å²) in [6.45, 7) is 0. The SMILES string of the molecule is COc1cc(Br)cc(C=O)c1OC1CC1. The van der Waals surface area contributed by atoms with E-state index in [0.717, 1.165) is 23.6 Å². The molecule has 3 nitrogen and oxygen atoms in total. The van der Waals surface area contributed by atoms with Crippen molar-refractivity contribution in [3.05, 3.63) is 22.2 Å². The first kappa shape index (κ1) is 10.5. The van der Waals surface area contributed by atoms with Gasteiger partial charge in [0.2, 0.25) is 0 Å². The van der Waals surface area contributed by atoms with E-state index in [1.807, 2.05) is 0 Å². The summed E-state index contributed by atoms with van der Waals surface area (Å²) in [7, 11) is 1.57. The molecule has 80 valence electrons. The number of rotatable bonds is 4. The van der Waals surface area contributed by atoms with Crippen LogP contribution in [0.2, 0.25) is 0 Å². The van der Waals surface area contributed by atoms with Crippen molar-refractivity contribution in [2.75, 3.05) is 7.11 Å². The van der Waals surface area contributed by atoms with Gasteiger partial charge in [-0.2, -0.15) is 0 Å². The zero-order valence-electron chi connectivity index (χ0n) is 8.33. The first-order chi connectivity index (χ1) is 7.24. The standard InChI is InChI=1S/C11H11BrO3/c1-14-10-5-8(12)4-7(6-13)11(10)15-9-2-3-9/h4-6,9H,2-3H2,1H3. The van der Waals surface area contributed by atoms with Gasteiger partial charge < -0.3 is 9.47 Å². The minimum absolute atomic E-state index is 0.249. The van der Waals surface area contributed by atoms with Gasteiger partial charge in [-0.05, 0) is 25.0 Å². The van der Waals surface area contributed by atoms with Gasteiger partial charge in [0.15, 0.2) is 17.8 Å². The summed E-state index contributed by atoms with van der Waals surface area (Å²) < 4.78 is 11.6. The Labute approximate surface area is 96.5 Å². The fourth-order valence-electron chi connectivity index (χ4n) is 1.31. The van der Waals surface area contributed by atoms with Crippen molar-refractivity contribution in [3.63, 3.8) is 0 Å². The number of halogens is 1. The molecule has 0 N–H and O–H groups in total. The van der Waals surface area contributed by atoms with Crippen LogP contribution in [0.4, 0.5) is 0 Å². The topological polar surface area (TPSA) is 35.5 Å². The van der Waals surface area contributed by atoms with Gasteiger partial charge in [0.1, 0.15) is 0 Å². The molecule has 0 atom stereocenters. The molecule has 0 amide bonds. The van der Waals surface area contributed by atoms with E-state index in [4.69, 9.17) is 9.47 Å². The number of hydrogen-bond donors (Lipinski definition) is 0. The number of ether oxygens (including phenoxy) is 2. The summed E-state index contributed by atoms with van der Waals surface area (Å²) in [6.07, 6.45) is 3.14. The Kier molecular flexibility index (Phi) is 2.95. The molecule has 1 aromatic carbocycles. The van der Waals surface area contributed by atoms with Gasteiger partial charge in [-0.25, -0.2) is 0 Å². The summed E-state index contributed by atoms with van der Waals surface area (Å²) in [6, 6.07) is 3.53. The molecule has 2 rings (SSSR count). The van der Waals surface area contributed by atoms with E-state index in [1.54, 1.807) is 19.2 Å². The Morgan fingerprint density at radius 3 is 2.73 bits per heavy atom. The van der Waals surface area contributed by atoms with Crippen LogP contribution in [0.25, 0.3) is 0 Å². The van der Waals surface area contributed by atoms with Crippen LogP contribution in [0.1, 0.15) is 23.2 Å². The molecule has 1 aliphatic rings. The maximum absolute atomic E-state index is 10.9. The first-order valence-electron chi connectivity index (χ1n) is 4.74. The third-order valence-electron chi connectivity index (χ3n) is 2.20. The fraction of sp³-hybridized carbons (Fsp3) is 0.364. The monoisotopic (exact) mass is 270 g/mol. The summed E-state index contributed by atoms with van der Waals surface area (Å²) in [5, 5.41) is 0. The van der Waals surface area contributed by atoms with E-state index < -0.39 is 0 Å². The van der Waals surface area contributed by atoms with Gasteiger partial charge in [-0.3, -0.25) is 4.79 Å². The molecule has 0 radical (unpaired) electrons. The van der Waals surface area contributed by atoms with E-state index in [0.29, 0.717) is 17.1 Å². The molecule has 1 fully saturated rings. The second-order valence-electron chi connectivity index (χ2n) is 3.46. The number of carbonyl (C=O) groups is 1. The number of benzene rings is 1. The summed E-state index contributed by atoms with van der Waals surface area (Å²) >= 11 is 3.32. The number of aldehydes is 1. The molecule has 0 saturated heterocycles. The predicted molar refractivity (Wildman–Crippen MR) is 59.7 cm³/mol. The molecular weight excluding hydrogens is 260 g/mol. The van der Waals surface area contributed by atoms with Crippen LogP contribution in [0, 0.1) is 0 Å². The molecule has 1 saturated carbocycles. The molecule has 1 aliphatic carbocycles. The molecule has 0 aliphatic heterocycles. The molecule has 15 heavy (non-hydrogen) atoms. The lowest BCUT2D eigenvalue weighted by Crippen LogP contribution is -2.02. The highest BCUT2D eigenvalue weighted by Gasteiger charge is 2.26. The minimum atomic E-state index is 0.249. The molecule has 0 spiro atoms. The Morgan fingerprint density at radius 2 is 2.20 bits per heavy atom. The molecule has 0 bridgehead atoms. The van der Waals surface area contributed by atoms with E-state index in [2.05, 4.69) is 15.9 Å². The van der Waals surface area contributed by atoms with Gasteiger partial charge in [-0.1, -0.05) is 15.9 Å². The fourth-order valence-corrected chi connectivity index (χ4v) is 1.76. The van der Waals surface area contributed by atoms with Crippen molar-refractivity contribution in [1.29, 1.82) is 0 Å². The Balaban J connectivity index is 2.40. The molecule has 0 heterocycles. The number of hydrogen-bond acceptors (Lipinski definition) is 3. The average molecular weight is 271 g/mol. The van der Waals surface area contributed by atoms with Crippen LogP contribution < -0.4 is 9.47 Å². The lowest BCUT2D eigenvalue weighted by atomic mass is 10.2. The summed E-state index contributed by atoms with van der Waals surface area (Å²) in [5.74, 6) is 1.15. The quantitative estimate of drug-likeness (QED) is 0.790. The Bertz CT molecular complexity index is 386. The van der Waals surface area contributed by atoms with Crippen molar-refractivity contribution in [3.8, 4) is 11.5 Å². The largest absolute Gasteiger partial charge is 0.493 e. The van der Waals surface area contributed by atoms with Gasteiger partial charge in [0.05, 0.1) is 18.8 Å². The molecule has 0 unspecified atom stereocenters. The van der Waals surface area contributed by atoms with Crippen molar-refractivity contribution < 1.29 is 14.3 Å². The average Bonchev–Trinajstić information content (AvgIpc) is 3.03. The highest BCUT2D eigenvalue weighted by molar-refractivity contribution is 9.10. The third-order valence-corrected chi connectivity index (χ3v) is 2.66.